The van der Waals surface area contributed by atoms with Crippen molar-refractivity contribution in [2.75, 3.05) is 11.6 Å². The maximum Gasteiger partial charge on any atom is 0.471 e. The van der Waals surface area contributed by atoms with Gasteiger partial charge in [-0.15, -0.1) is 0 Å². The van der Waals surface area contributed by atoms with E-state index in [0.29, 0.717) is 22.3 Å². The Morgan fingerprint density at radius 2 is 1.70 bits per heavy atom. The first-order valence-corrected chi connectivity index (χ1v) is 10.2. The Kier molecular flexibility index (Phi) is 4.13. The summed E-state index contributed by atoms with van der Waals surface area (Å²) in [6.45, 7) is 0.894. The number of alkyl halides is 3. The summed E-state index contributed by atoms with van der Waals surface area (Å²) >= 11 is 6.04. The second-order valence-corrected chi connectivity index (χ2v) is 8.97. The van der Waals surface area contributed by atoms with Crippen LogP contribution < -0.4 is 4.90 Å². The molecule has 158 valence electrons. The van der Waals surface area contributed by atoms with E-state index in [4.69, 9.17) is 11.6 Å². The molecule has 4 aliphatic carbocycles. The third-order valence-electron chi connectivity index (χ3n) is 6.99. The number of benzene rings is 1. The van der Waals surface area contributed by atoms with Crippen LogP contribution in [0.5, 0.6) is 0 Å². The topological polar surface area (TPSA) is 57.7 Å². The molecule has 0 N–H and O–H groups in total. The fraction of sp³-hybridized carbons (Fsp3) is 0.476. The van der Waals surface area contributed by atoms with Crippen molar-refractivity contribution in [3.63, 3.8) is 0 Å². The van der Waals surface area contributed by atoms with Crippen LogP contribution in [-0.2, 0) is 14.4 Å². The molecule has 3 amide bonds. The Hall–Kier alpha value is -2.35. The molecule has 1 saturated heterocycles. The Morgan fingerprint density at radius 3 is 2.20 bits per heavy atom. The molecule has 0 aromatic heterocycles. The van der Waals surface area contributed by atoms with Gasteiger partial charge >= 0.3 is 12.1 Å². The number of carbonyl (C=O) groups excluding carboxylic acids is 3. The lowest BCUT2D eigenvalue weighted by molar-refractivity contribution is -0.171. The van der Waals surface area contributed by atoms with Crippen LogP contribution in [-0.4, -0.2) is 35.5 Å². The van der Waals surface area contributed by atoms with Gasteiger partial charge in [-0.2, -0.15) is 13.2 Å². The van der Waals surface area contributed by atoms with Gasteiger partial charge < -0.3 is 0 Å². The third-order valence-corrected chi connectivity index (χ3v) is 7.40. The molecule has 5 aliphatic rings. The molecule has 9 heteroatoms. The van der Waals surface area contributed by atoms with E-state index >= 15 is 0 Å². The molecule has 1 aliphatic heterocycles. The minimum Gasteiger partial charge on any atom is -0.286 e. The maximum atomic E-state index is 13.3. The summed E-state index contributed by atoms with van der Waals surface area (Å²) in [6.07, 6.45) is -0.227. The fourth-order valence-electron chi connectivity index (χ4n) is 5.47. The van der Waals surface area contributed by atoms with Gasteiger partial charge in [0.25, 0.3) is 0 Å². The lowest BCUT2D eigenvalue weighted by atomic mass is 9.63. The molecule has 0 spiro atoms. The normalized spacial score (nSPS) is 33.6. The molecule has 2 bridgehead atoms. The highest BCUT2D eigenvalue weighted by molar-refractivity contribution is 6.31. The molecule has 6 rings (SSSR count). The van der Waals surface area contributed by atoms with E-state index < -0.39 is 42.4 Å². The number of nitrogens with zero attached hydrogens (tertiary/aromatic N) is 2. The zero-order valence-corrected chi connectivity index (χ0v) is 16.7. The Balaban J connectivity index is 1.48. The molecular weight excluding hydrogens is 421 g/mol. The van der Waals surface area contributed by atoms with Crippen molar-refractivity contribution in [1.29, 1.82) is 0 Å². The molecule has 1 aromatic carbocycles. The lowest BCUT2D eigenvalue weighted by Gasteiger charge is -2.37. The SMILES string of the molecule is Cc1ccc(N(CN2C(=O)[C@@H]3[C@H]4C=C[C@H]([C@H]5C[C@H]45)[C@@H]3C2=O)C(=O)C(F)(F)F)cc1Cl. The van der Waals surface area contributed by atoms with E-state index in [1.807, 2.05) is 12.2 Å². The van der Waals surface area contributed by atoms with Crippen LogP contribution in [0.1, 0.15) is 12.0 Å². The average molecular weight is 439 g/mol. The molecule has 1 aromatic rings. The smallest absolute Gasteiger partial charge is 0.286 e. The van der Waals surface area contributed by atoms with Crippen LogP contribution in [0, 0.1) is 42.4 Å². The van der Waals surface area contributed by atoms with Crippen LogP contribution in [0.2, 0.25) is 5.02 Å². The average Bonchev–Trinajstić information content (AvgIpc) is 3.47. The number of amides is 3. The summed E-state index contributed by atoms with van der Waals surface area (Å²) in [4.78, 5) is 39.6. The predicted molar refractivity (Wildman–Crippen MR) is 101 cm³/mol. The molecule has 5 nitrogen and oxygen atoms in total. The van der Waals surface area contributed by atoms with Crippen molar-refractivity contribution in [3.8, 4) is 0 Å². The first kappa shape index (κ1) is 19.6. The molecule has 2 saturated carbocycles. The van der Waals surface area contributed by atoms with E-state index in [9.17, 15) is 27.6 Å². The molecule has 6 atom stereocenters. The van der Waals surface area contributed by atoms with E-state index in [1.165, 1.54) is 18.2 Å². The zero-order chi connectivity index (χ0) is 21.5. The van der Waals surface area contributed by atoms with Crippen molar-refractivity contribution in [2.24, 2.45) is 35.5 Å². The van der Waals surface area contributed by atoms with Gasteiger partial charge in [0.05, 0.1) is 11.8 Å². The minimum absolute atomic E-state index is 0.0490. The maximum absolute atomic E-state index is 13.3. The van der Waals surface area contributed by atoms with Crippen molar-refractivity contribution < 1.29 is 27.6 Å². The first-order valence-electron chi connectivity index (χ1n) is 9.78. The summed E-state index contributed by atoms with van der Waals surface area (Å²) in [7, 11) is 0. The highest BCUT2D eigenvalue weighted by Gasteiger charge is 2.67. The van der Waals surface area contributed by atoms with Gasteiger partial charge in [-0.05, 0) is 54.7 Å². The largest absolute Gasteiger partial charge is 0.471 e. The number of hydrogen-bond acceptors (Lipinski definition) is 3. The van der Waals surface area contributed by atoms with Crippen molar-refractivity contribution in [3.05, 3.63) is 40.9 Å². The summed E-state index contributed by atoms with van der Waals surface area (Å²) in [5.74, 6) is -3.56. The number of rotatable bonds is 3. The summed E-state index contributed by atoms with van der Waals surface area (Å²) < 4.78 is 39.9. The number of anilines is 1. The highest BCUT2D eigenvalue weighted by atomic mass is 35.5. The van der Waals surface area contributed by atoms with E-state index in [-0.39, 0.29) is 22.5 Å². The van der Waals surface area contributed by atoms with Gasteiger partial charge in [0.1, 0.15) is 6.67 Å². The monoisotopic (exact) mass is 438 g/mol. The van der Waals surface area contributed by atoms with Gasteiger partial charge in [-0.25, -0.2) is 0 Å². The Labute approximate surface area is 175 Å². The number of likely N-dealkylation sites (tertiary alicyclic amines) is 1. The number of halogens is 4. The van der Waals surface area contributed by atoms with Crippen molar-refractivity contribution in [2.45, 2.75) is 19.5 Å². The second kappa shape index (κ2) is 6.33. The van der Waals surface area contributed by atoms with Gasteiger partial charge in [0, 0.05) is 10.7 Å². The number of carbonyl (C=O) groups is 3. The molecule has 0 unspecified atom stereocenters. The van der Waals surface area contributed by atoms with Crippen LogP contribution >= 0.6 is 11.6 Å². The molecule has 3 fully saturated rings. The standard InChI is InChI=1S/C21H18ClF3N2O3/c1-9-2-3-10(6-15(9)22)26(20(30)21(23,24)25)8-27-18(28)16-11-4-5-12(14-7-13(11)14)17(16)19(27)29/h2-6,11-14,16-17H,7-8H2,1H3/t11-,12+,13-,14-,16+,17-/m1/s1. The van der Waals surface area contributed by atoms with Gasteiger partial charge in [-0.3, -0.25) is 24.2 Å². The Morgan fingerprint density at radius 1 is 1.13 bits per heavy atom. The molecule has 1 heterocycles. The van der Waals surface area contributed by atoms with Crippen molar-refractivity contribution >= 4 is 35.0 Å². The third kappa shape index (κ3) is 2.72. The molecule has 30 heavy (non-hydrogen) atoms. The van der Waals surface area contributed by atoms with Crippen LogP contribution in [0.25, 0.3) is 0 Å². The van der Waals surface area contributed by atoms with E-state index in [0.717, 1.165) is 11.3 Å². The van der Waals surface area contributed by atoms with Gasteiger partial charge in [0.2, 0.25) is 11.8 Å². The number of imide groups is 1. The highest BCUT2D eigenvalue weighted by Crippen LogP contribution is 2.65. The number of aryl methyl sites for hydroxylation is 1. The second-order valence-electron chi connectivity index (χ2n) is 8.56. The number of hydrogen-bond donors (Lipinski definition) is 0. The zero-order valence-electron chi connectivity index (χ0n) is 15.9. The van der Waals surface area contributed by atoms with Crippen LogP contribution in [0.3, 0.4) is 0 Å². The fourth-order valence-corrected chi connectivity index (χ4v) is 5.64. The van der Waals surface area contributed by atoms with Gasteiger partial charge in [-0.1, -0.05) is 29.8 Å². The summed E-state index contributed by atoms with van der Waals surface area (Å²) in [6, 6.07) is 4.04. The van der Waals surface area contributed by atoms with Crippen LogP contribution in [0.15, 0.2) is 30.4 Å². The van der Waals surface area contributed by atoms with Gasteiger partial charge in [0.15, 0.2) is 0 Å². The van der Waals surface area contributed by atoms with E-state index in [1.54, 1.807) is 6.92 Å². The summed E-state index contributed by atoms with van der Waals surface area (Å²) in [5.41, 5.74) is 0.508. The molecule has 0 radical (unpaired) electrons. The van der Waals surface area contributed by atoms with Crippen molar-refractivity contribution in [1.82, 2.24) is 4.90 Å². The minimum atomic E-state index is -5.17. The molecular formula is C21H18ClF3N2O3. The number of allylic oxidation sites excluding steroid dienone is 2. The van der Waals surface area contributed by atoms with Crippen LogP contribution in [0.4, 0.5) is 18.9 Å². The predicted octanol–water partition coefficient (Wildman–Crippen LogP) is 3.55. The quantitative estimate of drug-likeness (QED) is 0.535. The summed E-state index contributed by atoms with van der Waals surface area (Å²) in [5, 5.41) is 0.183. The first-order chi connectivity index (χ1) is 14.1. The lowest BCUT2D eigenvalue weighted by Crippen LogP contribution is -2.49. The van der Waals surface area contributed by atoms with E-state index in [2.05, 4.69) is 0 Å². The Bertz CT molecular complexity index is 972.